The van der Waals surface area contributed by atoms with Gasteiger partial charge in [-0.3, -0.25) is 9.00 Å². The van der Waals surface area contributed by atoms with Crippen LogP contribution in [0.4, 0.5) is 5.69 Å². The molecule has 7 heteroatoms. The third kappa shape index (κ3) is 5.20. The fourth-order valence-corrected chi connectivity index (χ4v) is 3.03. The van der Waals surface area contributed by atoms with E-state index in [1.54, 1.807) is 43.5 Å². The average molecular weight is 347 g/mol. The van der Waals surface area contributed by atoms with Crippen LogP contribution in [0.15, 0.2) is 48.5 Å². The Morgan fingerprint density at radius 2 is 1.71 bits per heavy atom. The molecule has 0 aliphatic rings. The average Bonchev–Trinajstić information content (AvgIpc) is 2.55. The van der Waals surface area contributed by atoms with E-state index in [0.29, 0.717) is 11.4 Å². The SMILES string of the molecule is COc1ccc(NC(=O)CS(=O)Cc2ccc(C(=O)O)cc2)cc1. The summed E-state index contributed by atoms with van der Waals surface area (Å²) in [4.78, 5) is 22.7. The second kappa shape index (κ2) is 8.26. The number of nitrogens with one attached hydrogen (secondary N) is 1. The number of hydrogen-bond acceptors (Lipinski definition) is 4. The summed E-state index contributed by atoms with van der Waals surface area (Å²) in [5, 5.41) is 11.5. The molecule has 0 aliphatic heterocycles. The van der Waals surface area contributed by atoms with E-state index in [1.807, 2.05) is 0 Å². The third-order valence-electron chi connectivity index (χ3n) is 3.19. The summed E-state index contributed by atoms with van der Waals surface area (Å²) in [6.45, 7) is 0. The molecule has 0 radical (unpaired) electrons. The predicted octanol–water partition coefficient (Wildman–Crippen LogP) is 2.28. The van der Waals surface area contributed by atoms with E-state index in [1.165, 1.54) is 12.1 Å². The highest BCUT2D eigenvalue weighted by Crippen LogP contribution is 2.15. The first-order valence-electron chi connectivity index (χ1n) is 7.09. The Bertz CT molecular complexity index is 741. The molecule has 0 fully saturated rings. The molecule has 0 aromatic heterocycles. The summed E-state index contributed by atoms with van der Waals surface area (Å²) >= 11 is 0. The Labute approximate surface area is 141 Å². The van der Waals surface area contributed by atoms with E-state index >= 15 is 0 Å². The van der Waals surface area contributed by atoms with E-state index in [4.69, 9.17) is 9.84 Å². The van der Waals surface area contributed by atoms with Crippen LogP contribution in [-0.4, -0.2) is 34.1 Å². The fraction of sp³-hybridized carbons (Fsp3) is 0.176. The molecule has 2 rings (SSSR count). The molecule has 1 atom stereocenters. The number of amides is 1. The molecule has 1 amide bonds. The van der Waals surface area contributed by atoms with Gasteiger partial charge in [-0.15, -0.1) is 0 Å². The molecule has 0 heterocycles. The number of benzene rings is 2. The zero-order chi connectivity index (χ0) is 17.5. The lowest BCUT2D eigenvalue weighted by molar-refractivity contribution is -0.113. The van der Waals surface area contributed by atoms with Gasteiger partial charge in [-0.2, -0.15) is 0 Å². The van der Waals surface area contributed by atoms with Gasteiger partial charge in [0.15, 0.2) is 0 Å². The van der Waals surface area contributed by atoms with Crippen molar-refractivity contribution in [3.8, 4) is 5.75 Å². The third-order valence-corrected chi connectivity index (χ3v) is 4.43. The van der Waals surface area contributed by atoms with Crippen LogP contribution < -0.4 is 10.1 Å². The number of carbonyl (C=O) groups is 2. The molecule has 24 heavy (non-hydrogen) atoms. The van der Waals surface area contributed by atoms with E-state index in [-0.39, 0.29) is 23.0 Å². The maximum Gasteiger partial charge on any atom is 0.335 e. The number of carboxylic acid groups (broad SMARTS) is 1. The first-order valence-corrected chi connectivity index (χ1v) is 8.58. The molecule has 0 spiro atoms. The summed E-state index contributed by atoms with van der Waals surface area (Å²) in [5.74, 6) is -0.619. The van der Waals surface area contributed by atoms with Crippen LogP contribution in [0.2, 0.25) is 0 Å². The predicted molar refractivity (Wildman–Crippen MR) is 91.7 cm³/mol. The van der Waals surface area contributed by atoms with Gasteiger partial charge >= 0.3 is 5.97 Å². The Kier molecular flexibility index (Phi) is 6.08. The summed E-state index contributed by atoms with van der Waals surface area (Å²) in [6, 6.07) is 12.9. The first kappa shape index (κ1) is 17.7. The zero-order valence-corrected chi connectivity index (χ0v) is 13.8. The lowest BCUT2D eigenvalue weighted by Gasteiger charge is -2.07. The van der Waals surface area contributed by atoms with E-state index in [2.05, 4.69) is 5.32 Å². The van der Waals surface area contributed by atoms with Crippen LogP contribution in [-0.2, 0) is 21.3 Å². The highest BCUT2D eigenvalue weighted by Gasteiger charge is 2.10. The molecule has 0 saturated heterocycles. The van der Waals surface area contributed by atoms with E-state index < -0.39 is 16.8 Å². The van der Waals surface area contributed by atoms with Crippen molar-refractivity contribution in [3.05, 3.63) is 59.7 Å². The molecule has 126 valence electrons. The Hall–Kier alpha value is -2.67. The van der Waals surface area contributed by atoms with Gasteiger partial charge in [0.1, 0.15) is 11.5 Å². The van der Waals surface area contributed by atoms with Crippen molar-refractivity contribution < 1.29 is 23.6 Å². The fourth-order valence-electron chi connectivity index (χ4n) is 2.00. The summed E-state index contributed by atoms with van der Waals surface area (Å²) < 4.78 is 17.1. The molecule has 2 aromatic carbocycles. The highest BCUT2D eigenvalue weighted by molar-refractivity contribution is 7.84. The van der Waals surface area contributed by atoms with Gasteiger partial charge < -0.3 is 15.2 Å². The summed E-state index contributed by atoms with van der Waals surface area (Å²) in [7, 11) is 0.173. The minimum atomic E-state index is -1.38. The smallest absolute Gasteiger partial charge is 0.335 e. The molecule has 0 saturated carbocycles. The molecular formula is C17H17NO5S. The number of aromatic carboxylic acids is 1. The van der Waals surface area contributed by atoms with Crippen LogP contribution >= 0.6 is 0 Å². The van der Waals surface area contributed by atoms with Gasteiger partial charge in [-0.05, 0) is 42.0 Å². The van der Waals surface area contributed by atoms with Crippen LogP contribution in [0, 0.1) is 0 Å². The number of ether oxygens (including phenoxy) is 1. The maximum absolute atomic E-state index is 12.0. The standard InChI is InChI=1S/C17H17NO5S/c1-23-15-8-6-14(7-9-15)18-16(19)11-24(22)10-12-2-4-13(5-3-12)17(20)21/h2-9H,10-11H2,1H3,(H,18,19)(H,20,21). The summed E-state index contributed by atoms with van der Waals surface area (Å²) in [6.07, 6.45) is 0. The van der Waals surface area contributed by atoms with Crippen molar-refractivity contribution in [1.82, 2.24) is 0 Å². The second-order valence-electron chi connectivity index (χ2n) is 5.01. The molecule has 2 aromatic rings. The highest BCUT2D eigenvalue weighted by atomic mass is 32.2. The zero-order valence-electron chi connectivity index (χ0n) is 13.0. The number of carboxylic acids is 1. The van der Waals surface area contributed by atoms with E-state index in [9.17, 15) is 13.8 Å². The molecule has 6 nitrogen and oxygen atoms in total. The normalized spacial score (nSPS) is 11.5. The van der Waals surface area contributed by atoms with Gasteiger partial charge in [-0.25, -0.2) is 4.79 Å². The Balaban J connectivity index is 1.86. The second-order valence-corrected chi connectivity index (χ2v) is 6.46. The minimum absolute atomic E-state index is 0.132. The summed E-state index contributed by atoms with van der Waals surface area (Å²) in [5.41, 5.74) is 1.49. The Morgan fingerprint density at radius 3 is 2.25 bits per heavy atom. The molecule has 0 aliphatic carbocycles. The van der Waals surface area contributed by atoms with Crippen LogP contribution in [0.3, 0.4) is 0 Å². The monoisotopic (exact) mass is 347 g/mol. The molecular weight excluding hydrogens is 330 g/mol. The van der Waals surface area contributed by atoms with Crippen molar-refractivity contribution in [2.24, 2.45) is 0 Å². The lowest BCUT2D eigenvalue weighted by Crippen LogP contribution is -2.20. The van der Waals surface area contributed by atoms with E-state index in [0.717, 1.165) is 5.56 Å². The number of hydrogen-bond donors (Lipinski definition) is 2. The van der Waals surface area contributed by atoms with Crippen LogP contribution in [0.1, 0.15) is 15.9 Å². The Morgan fingerprint density at radius 1 is 1.08 bits per heavy atom. The maximum atomic E-state index is 12.0. The lowest BCUT2D eigenvalue weighted by atomic mass is 10.1. The van der Waals surface area contributed by atoms with Crippen molar-refractivity contribution in [2.75, 3.05) is 18.2 Å². The first-order chi connectivity index (χ1) is 11.5. The molecule has 0 bridgehead atoms. The topological polar surface area (TPSA) is 92.7 Å². The molecule has 2 N–H and O–H groups in total. The quantitative estimate of drug-likeness (QED) is 0.801. The number of carbonyl (C=O) groups excluding carboxylic acids is 1. The van der Waals surface area contributed by atoms with Gasteiger partial charge in [0, 0.05) is 22.2 Å². The van der Waals surface area contributed by atoms with Gasteiger partial charge in [0.2, 0.25) is 5.91 Å². The number of rotatable bonds is 7. The van der Waals surface area contributed by atoms with Gasteiger partial charge in [-0.1, -0.05) is 12.1 Å². The van der Waals surface area contributed by atoms with Gasteiger partial charge in [0.05, 0.1) is 12.7 Å². The largest absolute Gasteiger partial charge is 0.497 e. The van der Waals surface area contributed by atoms with Crippen molar-refractivity contribution in [3.63, 3.8) is 0 Å². The molecule has 1 unspecified atom stereocenters. The number of anilines is 1. The van der Waals surface area contributed by atoms with Gasteiger partial charge in [0.25, 0.3) is 0 Å². The van der Waals surface area contributed by atoms with Crippen molar-refractivity contribution in [2.45, 2.75) is 5.75 Å². The van der Waals surface area contributed by atoms with Crippen molar-refractivity contribution >= 4 is 28.4 Å². The minimum Gasteiger partial charge on any atom is -0.497 e. The number of methoxy groups -OCH3 is 1. The van der Waals surface area contributed by atoms with Crippen LogP contribution in [0.25, 0.3) is 0 Å². The van der Waals surface area contributed by atoms with Crippen LogP contribution in [0.5, 0.6) is 5.75 Å². The van der Waals surface area contributed by atoms with Crippen molar-refractivity contribution in [1.29, 1.82) is 0 Å².